The Morgan fingerprint density at radius 1 is 1.36 bits per heavy atom. The maximum atomic E-state index is 3.89. The number of hydrogen-bond donors (Lipinski definition) is 0. The van der Waals surface area contributed by atoms with E-state index in [4.69, 9.17) is 0 Å². The minimum absolute atomic E-state index is 0. The van der Waals surface area contributed by atoms with Gasteiger partial charge in [-0.1, -0.05) is 5.56 Å². The molecule has 1 aromatic carbocycles. The molecule has 0 unspecified atom stereocenters. The summed E-state index contributed by atoms with van der Waals surface area (Å²) in [6.45, 7) is 9.79. The summed E-state index contributed by atoms with van der Waals surface area (Å²) in [7, 11) is 0. The fourth-order valence-corrected chi connectivity index (χ4v) is 0.987. The second-order valence-electron chi connectivity index (χ2n) is 2.52. The molecule has 1 radical (unpaired) electrons. The van der Waals surface area contributed by atoms with Crippen LogP contribution < -0.4 is 0 Å². The second kappa shape index (κ2) is 4.95. The predicted octanol–water partition coefficient (Wildman–Crippen LogP) is 2.55. The molecule has 0 aliphatic heterocycles. The fourth-order valence-electron chi connectivity index (χ4n) is 0.987. The fraction of sp³-hybridized carbons (Fsp3) is 0.200. The van der Waals surface area contributed by atoms with E-state index in [-0.39, 0.29) is 32.7 Å². The van der Waals surface area contributed by atoms with E-state index in [1.165, 1.54) is 11.1 Å². The molecule has 57 valence electrons. The summed E-state index contributed by atoms with van der Waals surface area (Å²) < 4.78 is 0. The second-order valence-corrected chi connectivity index (χ2v) is 2.52. The Labute approximate surface area is 94.3 Å². The van der Waals surface area contributed by atoms with Gasteiger partial charge in [-0.2, -0.15) is 24.1 Å². The Bertz CT molecular complexity index is 228. The van der Waals surface area contributed by atoms with Crippen LogP contribution in [0.5, 0.6) is 0 Å². The summed E-state index contributed by atoms with van der Waals surface area (Å²) in [5.74, 6) is 0. The first kappa shape index (κ1) is 11.2. The molecule has 0 heterocycles. The molecule has 0 saturated heterocycles. The van der Waals surface area contributed by atoms with Crippen LogP contribution >= 0.6 is 0 Å². The monoisotopic (exact) mass is 221 g/mol. The van der Waals surface area contributed by atoms with Gasteiger partial charge in [0.2, 0.25) is 0 Å². The average molecular weight is 221 g/mol. The van der Waals surface area contributed by atoms with Crippen LogP contribution in [-0.4, -0.2) is 0 Å². The zero-order chi connectivity index (χ0) is 7.56. The summed E-state index contributed by atoms with van der Waals surface area (Å²) in [6.07, 6.45) is 0.834. The van der Waals surface area contributed by atoms with Gasteiger partial charge in [0.15, 0.2) is 0 Å². The van der Waals surface area contributed by atoms with Crippen LogP contribution in [0.2, 0.25) is 0 Å². The van der Waals surface area contributed by atoms with E-state index < -0.39 is 0 Å². The quantitative estimate of drug-likeness (QED) is 0.639. The van der Waals surface area contributed by atoms with Crippen molar-refractivity contribution in [3.8, 4) is 0 Å². The van der Waals surface area contributed by atoms with E-state index in [2.05, 4.69) is 32.9 Å². The average Bonchev–Trinajstić information content (AvgIpc) is 1.94. The molecule has 0 fully saturated rings. The van der Waals surface area contributed by atoms with Gasteiger partial charge in [-0.05, 0) is 6.92 Å². The topological polar surface area (TPSA) is 0 Å². The smallest absolute Gasteiger partial charge is 0 e. The first-order valence-electron chi connectivity index (χ1n) is 3.45. The van der Waals surface area contributed by atoms with Gasteiger partial charge in [0.25, 0.3) is 0 Å². The molecule has 0 nitrogen and oxygen atoms in total. The van der Waals surface area contributed by atoms with Gasteiger partial charge in [0, 0.05) is 32.7 Å². The molecule has 0 aliphatic rings. The maximum absolute atomic E-state index is 3.89. The van der Waals surface area contributed by atoms with E-state index >= 15 is 0 Å². The SMILES string of the molecule is [CH2-]Cc1cc(C)ccc1[CH2-].[Y]. The molecular weight excluding hydrogens is 209 g/mol. The first-order chi connectivity index (χ1) is 4.74. The van der Waals surface area contributed by atoms with E-state index in [1.807, 2.05) is 6.07 Å². The minimum Gasteiger partial charge on any atom is -0.350 e. The molecule has 0 N–H and O–H groups in total. The number of aryl methyl sites for hydroxylation is 1. The Hall–Kier alpha value is 0.194. The minimum atomic E-state index is 0. The molecule has 11 heavy (non-hydrogen) atoms. The summed E-state index contributed by atoms with van der Waals surface area (Å²) in [5, 5.41) is 0. The van der Waals surface area contributed by atoms with Gasteiger partial charge in [-0.25, -0.2) is 6.42 Å². The molecule has 0 aliphatic carbocycles. The van der Waals surface area contributed by atoms with Gasteiger partial charge < -0.3 is 6.92 Å². The number of benzene rings is 1. The first-order valence-corrected chi connectivity index (χ1v) is 3.45. The zero-order valence-electron chi connectivity index (χ0n) is 6.93. The predicted molar refractivity (Wildman–Crippen MR) is 44.7 cm³/mol. The molecule has 0 saturated carbocycles. The van der Waals surface area contributed by atoms with Crippen molar-refractivity contribution >= 4 is 0 Å². The van der Waals surface area contributed by atoms with E-state index in [0.717, 1.165) is 12.0 Å². The van der Waals surface area contributed by atoms with Crippen molar-refractivity contribution in [1.82, 2.24) is 0 Å². The normalized spacial score (nSPS) is 8.91. The Balaban J connectivity index is 0.000001000. The Kier molecular flexibility index (Phi) is 5.04. The molecule has 1 heteroatoms. The van der Waals surface area contributed by atoms with Gasteiger partial charge in [0.1, 0.15) is 0 Å². The van der Waals surface area contributed by atoms with Gasteiger partial charge >= 0.3 is 0 Å². The standard InChI is InChI=1S/C10H12.Y/c1-4-10-7-8(2)5-6-9(10)3;/h5-7H,1,3-4H2,2H3;/q-2;. The van der Waals surface area contributed by atoms with Crippen molar-refractivity contribution in [2.24, 2.45) is 0 Å². The van der Waals surface area contributed by atoms with Crippen molar-refractivity contribution in [2.45, 2.75) is 13.3 Å². The largest absolute Gasteiger partial charge is 0.350 e. The van der Waals surface area contributed by atoms with E-state index in [0.29, 0.717) is 0 Å². The molecule has 1 aromatic rings. The molecule has 1 rings (SSSR count). The molecular formula is C10H12Y-2. The zero-order valence-corrected chi connectivity index (χ0v) is 9.77. The number of rotatable bonds is 1. The van der Waals surface area contributed by atoms with Crippen LogP contribution in [0.3, 0.4) is 0 Å². The third-order valence-corrected chi connectivity index (χ3v) is 1.63. The van der Waals surface area contributed by atoms with Gasteiger partial charge in [-0.3, -0.25) is 0 Å². The van der Waals surface area contributed by atoms with E-state index in [9.17, 15) is 0 Å². The summed E-state index contributed by atoms with van der Waals surface area (Å²) in [5.41, 5.74) is 3.63. The molecule has 0 aromatic heterocycles. The van der Waals surface area contributed by atoms with Gasteiger partial charge in [0.05, 0.1) is 0 Å². The molecule has 0 spiro atoms. The number of hydrogen-bond acceptors (Lipinski definition) is 0. The van der Waals surface area contributed by atoms with Crippen molar-refractivity contribution in [3.05, 3.63) is 48.7 Å². The summed E-state index contributed by atoms with van der Waals surface area (Å²) in [4.78, 5) is 0. The Morgan fingerprint density at radius 3 is 2.45 bits per heavy atom. The van der Waals surface area contributed by atoms with Crippen molar-refractivity contribution in [1.29, 1.82) is 0 Å². The molecule has 0 atom stereocenters. The molecule has 0 bridgehead atoms. The van der Waals surface area contributed by atoms with Crippen molar-refractivity contribution in [3.63, 3.8) is 0 Å². The third-order valence-electron chi connectivity index (χ3n) is 1.63. The van der Waals surface area contributed by atoms with Crippen molar-refractivity contribution in [2.75, 3.05) is 0 Å². The van der Waals surface area contributed by atoms with Crippen LogP contribution in [0.1, 0.15) is 16.7 Å². The summed E-state index contributed by atoms with van der Waals surface area (Å²) in [6, 6.07) is 6.24. The molecule has 0 amide bonds. The van der Waals surface area contributed by atoms with Crippen LogP contribution in [0.25, 0.3) is 0 Å². The third kappa shape index (κ3) is 2.96. The van der Waals surface area contributed by atoms with Crippen LogP contribution in [0.4, 0.5) is 0 Å². The van der Waals surface area contributed by atoms with E-state index in [1.54, 1.807) is 0 Å². The summed E-state index contributed by atoms with van der Waals surface area (Å²) >= 11 is 0. The van der Waals surface area contributed by atoms with Crippen LogP contribution in [-0.2, 0) is 39.1 Å². The Morgan fingerprint density at radius 2 is 2.00 bits per heavy atom. The maximum Gasteiger partial charge on any atom is 0 e. The van der Waals surface area contributed by atoms with Crippen LogP contribution in [0.15, 0.2) is 18.2 Å². The van der Waals surface area contributed by atoms with Crippen molar-refractivity contribution < 1.29 is 32.7 Å². The van der Waals surface area contributed by atoms with Gasteiger partial charge in [-0.15, -0.1) is 12.1 Å². The van der Waals surface area contributed by atoms with Crippen LogP contribution in [0, 0.1) is 20.8 Å².